The zero-order chi connectivity index (χ0) is 24.1. The summed E-state index contributed by atoms with van der Waals surface area (Å²) in [6.45, 7) is 5.75. The second-order valence-corrected chi connectivity index (χ2v) is 9.86. The van der Waals surface area contributed by atoms with Gasteiger partial charge in [-0.25, -0.2) is 9.78 Å². The summed E-state index contributed by atoms with van der Waals surface area (Å²) in [6.07, 6.45) is 1.65. The smallest absolute Gasteiger partial charge is 0.349 e. The molecule has 1 aliphatic heterocycles. The topological polar surface area (TPSA) is 83.2 Å². The van der Waals surface area contributed by atoms with Crippen LogP contribution in [0.5, 0.6) is 0 Å². The molecule has 0 saturated heterocycles. The number of esters is 1. The number of hydrogen-bond donors (Lipinski definition) is 0. The number of ether oxygens (including phenoxy) is 1. The number of fused-ring (bicyclic) bond motifs is 2. The number of thiophene rings is 1. The molecule has 0 radical (unpaired) electrons. The molecule has 0 unspecified atom stereocenters. The van der Waals surface area contributed by atoms with Crippen LogP contribution in [0.15, 0.2) is 35.1 Å². The number of hydrogen-bond acceptors (Lipinski definition) is 6. The second kappa shape index (κ2) is 8.52. The van der Waals surface area contributed by atoms with E-state index < -0.39 is 5.97 Å². The first-order chi connectivity index (χ1) is 16.3. The normalized spacial score (nSPS) is 12.8. The van der Waals surface area contributed by atoms with E-state index in [2.05, 4.69) is 4.98 Å². The third-order valence-electron chi connectivity index (χ3n) is 6.25. The third kappa shape index (κ3) is 3.67. The Kier molecular flexibility index (Phi) is 5.65. The first-order valence-corrected chi connectivity index (χ1v) is 12.1. The lowest BCUT2D eigenvalue weighted by atomic mass is 10.1. The van der Waals surface area contributed by atoms with Crippen molar-refractivity contribution < 1.29 is 14.3 Å². The van der Waals surface area contributed by atoms with Crippen molar-refractivity contribution in [2.24, 2.45) is 0 Å². The second-order valence-electron chi connectivity index (χ2n) is 8.42. The molecule has 0 amide bonds. The zero-order valence-corrected chi connectivity index (χ0v) is 20.5. The van der Waals surface area contributed by atoms with Crippen LogP contribution in [-0.4, -0.2) is 32.5 Å². The molecule has 0 saturated carbocycles. The standard InChI is InChI=1S/C25H22ClN3O4S/c1-13-11-18(15(3)29(13)17-8-6-16(26)7-9-17)19(30)12-33-25(32)22-14(2)21-23(34-22)27-20-5-4-10-28(20)24(21)31/h6-9,11H,4-5,10,12H2,1-3H3. The number of nitrogens with zero attached hydrogens (tertiary/aromatic N) is 3. The molecule has 1 aliphatic rings. The summed E-state index contributed by atoms with van der Waals surface area (Å²) in [6, 6.07) is 9.14. The first kappa shape index (κ1) is 22.6. The van der Waals surface area contributed by atoms with Crippen molar-refractivity contribution in [2.75, 3.05) is 6.61 Å². The molecule has 4 aromatic rings. The maximum Gasteiger partial charge on any atom is 0.349 e. The summed E-state index contributed by atoms with van der Waals surface area (Å²) in [5.41, 5.74) is 3.46. The van der Waals surface area contributed by atoms with Crippen LogP contribution in [0.4, 0.5) is 0 Å². The highest BCUT2D eigenvalue weighted by molar-refractivity contribution is 7.20. The minimum absolute atomic E-state index is 0.115. The van der Waals surface area contributed by atoms with Gasteiger partial charge in [-0.05, 0) is 63.1 Å². The number of carbonyl (C=O) groups is 2. The maximum atomic E-state index is 12.9. The van der Waals surface area contributed by atoms with Crippen molar-refractivity contribution >= 4 is 44.9 Å². The van der Waals surface area contributed by atoms with Gasteiger partial charge in [0.25, 0.3) is 5.56 Å². The van der Waals surface area contributed by atoms with Crippen molar-refractivity contribution in [1.29, 1.82) is 0 Å². The maximum absolute atomic E-state index is 12.9. The van der Waals surface area contributed by atoms with E-state index in [-0.39, 0.29) is 17.9 Å². The molecule has 0 aliphatic carbocycles. The van der Waals surface area contributed by atoms with Gasteiger partial charge in [0, 0.05) is 40.6 Å². The van der Waals surface area contributed by atoms with Gasteiger partial charge >= 0.3 is 5.97 Å². The number of rotatable bonds is 5. The van der Waals surface area contributed by atoms with Gasteiger partial charge in [-0.2, -0.15) is 0 Å². The Bertz CT molecular complexity index is 1530. The number of Topliss-reactive ketones (excluding diaryl/α,β-unsaturated/α-hetero) is 1. The van der Waals surface area contributed by atoms with E-state index in [1.807, 2.05) is 30.5 Å². The summed E-state index contributed by atoms with van der Waals surface area (Å²) in [5, 5.41) is 1.09. The van der Waals surface area contributed by atoms with Gasteiger partial charge in [0.05, 0.1) is 5.39 Å². The molecule has 0 bridgehead atoms. The van der Waals surface area contributed by atoms with Crippen LogP contribution in [0, 0.1) is 20.8 Å². The molecule has 0 spiro atoms. The lowest BCUT2D eigenvalue weighted by Gasteiger charge is -2.10. The number of aromatic nitrogens is 3. The van der Waals surface area contributed by atoms with Gasteiger partial charge in [-0.15, -0.1) is 11.3 Å². The van der Waals surface area contributed by atoms with Gasteiger partial charge < -0.3 is 9.30 Å². The van der Waals surface area contributed by atoms with Crippen LogP contribution in [0.2, 0.25) is 5.02 Å². The molecular formula is C25H22ClN3O4S. The molecule has 0 fully saturated rings. The van der Waals surface area contributed by atoms with Gasteiger partial charge in [-0.1, -0.05) is 11.6 Å². The highest BCUT2D eigenvalue weighted by Crippen LogP contribution is 2.29. The van der Waals surface area contributed by atoms with Crippen molar-refractivity contribution in [3.63, 3.8) is 0 Å². The van der Waals surface area contributed by atoms with Crippen molar-refractivity contribution in [2.45, 2.75) is 40.2 Å². The predicted molar refractivity (Wildman–Crippen MR) is 132 cm³/mol. The van der Waals surface area contributed by atoms with Crippen LogP contribution in [-0.2, 0) is 17.7 Å². The quantitative estimate of drug-likeness (QED) is 0.293. The van der Waals surface area contributed by atoms with E-state index in [9.17, 15) is 14.4 Å². The average Bonchev–Trinajstić information content (AvgIpc) is 3.49. The Morgan fingerprint density at radius 3 is 2.65 bits per heavy atom. The molecule has 34 heavy (non-hydrogen) atoms. The summed E-state index contributed by atoms with van der Waals surface area (Å²) < 4.78 is 9.02. The minimum atomic E-state index is -0.620. The summed E-state index contributed by atoms with van der Waals surface area (Å²) in [7, 11) is 0. The number of aryl methyl sites for hydroxylation is 3. The highest BCUT2D eigenvalue weighted by atomic mass is 35.5. The Morgan fingerprint density at radius 2 is 1.91 bits per heavy atom. The first-order valence-electron chi connectivity index (χ1n) is 10.9. The molecule has 174 valence electrons. The lowest BCUT2D eigenvalue weighted by Crippen LogP contribution is -2.20. The number of halogens is 1. The molecule has 5 rings (SSSR count). The highest BCUT2D eigenvalue weighted by Gasteiger charge is 2.25. The Hall–Kier alpha value is -3.23. The van der Waals surface area contributed by atoms with E-state index >= 15 is 0 Å². The van der Waals surface area contributed by atoms with Gasteiger partial charge in [0.2, 0.25) is 5.78 Å². The molecule has 1 aromatic carbocycles. The molecule has 0 N–H and O–H groups in total. The Balaban J connectivity index is 1.37. The van der Waals surface area contributed by atoms with E-state index in [0.717, 1.165) is 47.1 Å². The van der Waals surface area contributed by atoms with Crippen LogP contribution in [0.1, 0.15) is 49.2 Å². The van der Waals surface area contributed by atoms with E-state index in [0.29, 0.717) is 37.8 Å². The van der Waals surface area contributed by atoms with Crippen molar-refractivity contribution in [1.82, 2.24) is 14.1 Å². The lowest BCUT2D eigenvalue weighted by molar-refractivity contribution is 0.0479. The summed E-state index contributed by atoms with van der Waals surface area (Å²) >= 11 is 7.14. The molecule has 4 heterocycles. The third-order valence-corrected chi connectivity index (χ3v) is 7.67. The van der Waals surface area contributed by atoms with Crippen LogP contribution in [0.25, 0.3) is 15.9 Å². The fourth-order valence-electron chi connectivity index (χ4n) is 4.58. The van der Waals surface area contributed by atoms with Crippen LogP contribution >= 0.6 is 22.9 Å². The molecule has 9 heteroatoms. The van der Waals surface area contributed by atoms with Crippen LogP contribution < -0.4 is 5.56 Å². The van der Waals surface area contributed by atoms with Gasteiger partial charge in [0.1, 0.15) is 15.5 Å². The Labute approximate surface area is 204 Å². The average molecular weight is 496 g/mol. The van der Waals surface area contributed by atoms with E-state index in [4.69, 9.17) is 16.3 Å². The van der Waals surface area contributed by atoms with E-state index in [1.165, 1.54) is 0 Å². The van der Waals surface area contributed by atoms with Crippen molar-refractivity contribution in [3.8, 4) is 5.69 Å². The molecular weight excluding hydrogens is 474 g/mol. The number of benzene rings is 1. The van der Waals surface area contributed by atoms with Gasteiger partial charge in [-0.3, -0.25) is 14.2 Å². The summed E-state index contributed by atoms with van der Waals surface area (Å²) in [5.74, 6) is -0.160. The van der Waals surface area contributed by atoms with Crippen LogP contribution in [0.3, 0.4) is 0 Å². The van der Waals surface area contributed by atoms with Crippen molar-refractivity contribution in [3.05, 3.63) is 78.9 Å². The number of ketones is 1. The molecule has 3 aromatic heterocycles. The van der Waals surface area contributed by atoms with Gasteiger partial charge in [0.15, 0.2) is 6.61 Å². The fraction of sp³-hybridized carbons (Fsp3) is 0.280. The zero-order valence-electron chi connectivity index (χ0n) is 19.0. The van der Waals surface area contributed by atoms with E-state index in [1.54, 1.807) is 29.7 Å². The monoisotopic (exact) mass is 495 g/mol. The largest absolute Gasteiger partial charge is 0.453 e. The molecule has 0 atom stereocenters. The number of carbonyl (C=O) groups excluding carboxylic acids is 2. The minimum Gasteiger partial charge on any atom is -0.453 e. The summed E-state index contributed by atoms with van der Waals surface area (Å²) in [4.78, 5) is 44.0. The Morgan fingerprint density at radius 1 is 1.18 bits per heavy atom. The molecule has 7 nitrogen and oxygen atoms in total. The fourth-order valence-corrected chi connectivity index (χ4v) is 5.79. The SMILES string of the molecule is Cc1c(C(=O)OCC(=O)c2cc(C)n(-c3ccc(Cl)cc3)c2C)sc2nc3n(c(=O)c12)CCC3. The predicted octanol–water partition coefficient (Wildman–Crippen LogP) is 4.81.